The monoisotopic (exact) mass is 353 g/mol. The molecule has 124 valence electrons. The smallest absolute Gasteiger partial charge is 0.355 e. The third-order valence-electron chi connectivity index (χ3n) is 3.93. The molecule has 2 aromatic heterocycles. The van der Waals surface area contributed by atoms with Gasteiger partial charge in [-0.3, -0.25) is 0 Å². The minimum atomic E-state index is -4.62. The van der Waals surface area contributed by atoms with Crippen LogP contribution in [0.25, 0.3) is 11.0 Å². The second-order valence-electron chi connectivity index (χ2n) is 5.61. The lowest BCUT2D eigenvalue weighted by Crippen LogP contribution is -2.46. The van der Waals surface area contributed by atoms with E-state index in [0.717, 1.165) is 16.9 Å². The largest absolute Gasteiger partial charge is 0.451 e. The van der Waals surface area contributed by atoms with Crippen molar-refractivity contribution in [3.05, 3.63) is 47.1 Å². The summed E-state index contributed by atoms with van der Waals surface area (Å²) in [6.45, 7) is 1.04. The molecule has 0 radical (unpaired) electrons. The summed E-state index contributed by atoms with van der Waals surface area (Å²) in [5.74, 6) is -0.115. The van der Waals surface area contributed by atoms with Crippen molar-refractivity contribution in [3.63, 3.8) is 0 Å². The molecule has 1 fully saturated rings. The average molecular weight is 354 g/mol. The Hall–Kier alpha value is -2.35. The molecular formula is C15H11ClF3N5. The molecule has 1 N–H and O–H groups in total. The number of aromatic nitrogens is 4. The fourth-order valence-electron chi connectivity index (χ4n) is 2.70. The Balaban J connectivity index is 1.54. The van der Waals surface area contributed by atoms with Gasteiger partial charge < -0.3 is 9.88 Å². The van der Waals surface area contributed by atoms with Crippen molar-refractivity contribution in [1.29, 1.82) is 0 Å². The number of halogens is 4. The van der Waals surface area contributed by atoms with Crippen LogP contribution < -0.4 is 4.90 Å². The maximum atomic E-state index is 12.8. The summed E-state index contributed by atoms with van der Waals surface area (Å²) < 4.78 is 38.3. The van der Waals surface area contributed by atoms with E-state index in [2.05, 4.69) is 19.9 Å². The minimum absolute atomic E-state index is 0.112. The van der Waals surface area contributed by atoms with Crippen molar-refractivity contribution in [2.75, 3.05) is 18.0 Å². The molecule has 1 aliphatic heterocycles. The van der Waals surface area contributed by atoms with Crippen molar-refractivity contribution in [2.45, 2.75) is 12.1 Å². The number of para-hydroxylation sites is 2. The van der Waals surface area contributed by atoms with Gasteiger partial charge in [-0.1, -0.05) is 23.7 Å². The minimum Gasteiger partial charge on any atom is -0.355 e. The summed E-state index contributed by atoms with van der Waals surface area (Å²) in [5.41, 5.74) is 1.81. The highest BCUT2D eigenvalue weighted by Crippen LogP contribution is 2.33. The summed E-state index contributed by atoms with van der Waals surface area (Å²) >= 11 is 5.69. The van der Waals surface area contributed by atoms with Gasteiger partial charge in [0.25, 0.3) is 0 Å². The number of nitrogens with one attached hydrogen (secondary N) is 1. The first-order valence-corrected chi connectivity index (χ1v) is 7.59. The Kier molecular flexibility index (Phi) is 3.38. The van der Waals surface area contributed by atoms with Crippen LogP contribution in [0.2, 0.25) is 5.15 Å². The first-order valence-electron chi connectivity index (χ1n) is 7.21. The summed E-state index contributed by atoms with van der Waals surface area (Å²) in [6.07, 6.45) is -4.62. The van der Waals surface area contributed by atoms with Crippen LogP contribution in [0.5, 0.6) is 0 Å². The molecule has 0 saturated carbocycles. The second kappa shape index (κ2) is 5.34. The normalized spacial score (nSPS) is 15.8. The highest BCUT2D eigenvalue weighted by atomic mass is 35.5. The van der Waals surface area contributed by atoms with E-state index in [0.29, 0.717) is 13.1 Å². The number of imidazole rings is 1. The summed E-state index contributed by atoms with van der Waals surface area (Å²) in [4.78, 5) is 16.3. The molecule has 0 unspecified atom stereocenters. The number of aromatic amines is 1. The Morgan fingerprint density at radius 2 is 1.88 bits per heavy atom. The van der Waals surface area contributed by atoms with E-state index in [-0.39, 0.29) is 16.9 Å². The van der Waals surface area contributed by atoms with E-state index in [4.69, 9.17) is 11.6 Å². The Morgan fingerprint density at radius 3 is 2.58 bits per heavy atom. The zero-order valence-corrected chi connectivity index (χ0v) is 12.9. The van der Waals surface area contributed by atoms with Crippen molar-refractivity contribution in [2.24, 2.45) is 0 Å². The van der Waals surface area contributed by atoms with Crippen LogP contribution in [0.4, 0.5) is 19.0 Å². The fraction of sp³-hybridized carbons (Fsp3) is 0.267. The van der Waals surface area contributed by atoms with Gasteiger partial charge in [0.1, 0.15) is 16.8 Å². The number of H-pyrrole nitrogens is 1. The molecule has 5 nitrogen and oxygen atoms in total. The molecule has 3 aromatic rings. The van der Waals surface area contributed by atoms with Gasteiger partial charge in [-0.2, -0.15) is 13.2 Å². The SMILES string of the molecule is FC(F)(F)c1nc(Cl)cc(N2CC(c3nc4ccccc4[nH]3)C2)n1. The molecule has 1 aromatic carbocycles. The molecule has 0 aliphatic carbocycles. The van der Waals surface area contributed by atoms with Crippen LogP contribution >= 0.6 is 11.6 Å². The van der Waals surface area contributed by atoms with Gasteiger partial charge >= 0.3 is 6.18 Å². The number of hydrogen-bond donors (Lipinski definition) is 1. The van der Waals surface area contributed by atoms with E-state index in [1.54, 1.807) is 4.90 Å². The number of benzene rings is 1. The lowest BCUT2D eigenvalue weighted by atomic mass is 9.99. The summed E-state index contributed by atoms with van der Waals surface area (Å²) in [5, 5.41) is -0.223. The van der Waals surface area contributed by atoms with Gasteiger partial charge in [0.05, 0.1) is 17.0 Å². The molecule has 9 heteroatoms. The number of fused-ring (bicyclic) bond motifs is 1. The predicted molar refractivity (Wildman–Crippen MR) is 83.1 cm³/mol. The van der Waals surface area contributed by atoms with Gasteiger partial charge in [-0.05, 0) is 12.1 Å². The molecule has 0 amide bonds. The van der Waals surface area contributed by atoms with Crippen molar-refractivity contribution in [3.8, 4) is 0 Å². The summed E-state index contributed by atoms with van der Waals surface area (Å²) in [6, 6.07) is 9.00. The molecular weight excluding hydrogens is 343 g/mol. The second-order valence-corrected chi connectivity index (χ2v) is 6.00. The third-order valence-corrected chi connectivity index (χ3v) is 4.13. The fourth-order valence-corrected chi connectivity index (χ4v) is 2.88. The number of nitrogens with zero attached hydrogens (tertiary/aromatic N) is 4. The molecule has 3 heterocycles. The topological polar surface area (TPSA) is 57.7 Å². The molecule has 1 saturated heterocycles. The van der Waals surface area contributed by atoms with Crippen LogP contribution in [-0.2, 0) is 6.18 Å². The number of anilines is 1. The van der Waals surface area contributed by atoms with Crippen LogP contribution in [0.15, 0.2) is 30.3 Å². The Morgan fingerprint density at radius 1 is 1.12 bits per heavy atom. The molecule has 0 atom stereocenters. The van der Waals surface area contributed by atoms with E-state index in [9.17, 15) is 13.2 Å². The number of hydrogen-bond acceptors (Lipinski definition) is 4. The highest BCUT2D eigenvalue weighted by Gasteiger charge is 2.37. The molecule has 24 heavy (non-hydrogen) atoms. The molecule has 0 bridgehead atoms. The number of alkyl halides is 3. The average Bonchev–Trinajstić information content (AvgIpc) is 2.87. The van der Waals surface area contributed by atoms with Crippen molar-refractivity contribution < 1.29 is 13.2 Å². The summed E-state index contributed by atoms with van der Waals surface area (Å²) in [7, 11) is 0. The third kappa shape index (κ3) is 2.66. The predicted octanol–water partition coefficient (Wildman–Crippen LogP) is 3.63. The highest BCUT2D eigenvalue weighted by molar-refractivity contribution is 6.29. The van der Waals surface area contributed by atoms with E-state index in [1.165, 1.54) is 6.07 Å². The Bertz CT molecular complexity index is 869. The van der Waals surface area contributed by atoms with E-state index in [1.807, 2.05) is 24.3 Å². The van der Waals surface area contributed by atoms with Crippen molar-refractivity contribution >= 4 is 28.5 Å². The lowest BCUT2D eigenvalue weighted by molar-refractivity contribution is -0.144. The van der Waals surface area contributed by atoms with Gasteiger partial charge in [-0.15, -0.1) is 0 Å². The molecule has 0 spiro atoms. The van der Waals surface area contributed by atoms with Crippen molar-refractivity contribution in [1.82, 2.24) is 19.9 Å². The maximum absolute atomic E-state index is 12.8. The quantitative estimate of drug-likeness (QED) is 0.715. The number of rotatable bonds is 2. The lowest BCUT2D eigenvalue weighted by Gasteiger charge is -2.39. The van der Waals surface area contributed by atoms with Gasteiger partial charge in [-0.25, -0.2) is 15.0 Å². The van der Waals surface area contributed by atoms with Crippen LogP contribution in [-0.4, -0.2) is 33.0 Å². The zero-order valence-electron chi connectivity index (χ0n) is 12.2. The maximum Gasteiger partial charge on any atom is 0.451 e. The van der Waals surface area contributed by atoms with E-state index < -0.39 is 12.0 Å². The standard InChI is InChI=1S/C15H11ClF3N5/c16-11-5-12(23-14(22-11)15(17,18)19)24-6-8(7-24)13-20-9-3-1-2-4-10(9)21-13/h1-5,8H,6-7H2,(H,20,21). The first kappa shape index (κ1) is 15.2. The van der Waals surface area contributed by atoms with Gasteiger partial charge in [0.15, 0.2) is 0 Å². The zero-order chi connectivity index (χ0) is 16.9. The van der Waals surface area contributed by atoms with Crippen LogP contribution in [0.3, 0.4) is 0 Å². The molecule has 4 rings (SSSR count). The van der Waals surface area contributed by atoms with Gasteiger partial charge in [0, 0.05) is 19.2 Å². The van der Waals surface area contributed by atoms with E-state index >= 15 is 0 Å². The first-order chi connectivity index (χ1) is 11.4. The Labute approximate surface area is 139 Å². The van der Waals surface area contributed by atoms with Crippen LogP contribution in [0, 0.1) is 0 Å². The van der Waals surface area contributed by atoms with Crippen LogP contribution in [0.1, 0.15) is 17.6 Å². The molecule has 1 aliphatic rings. The van der Waals surface area contributed by atoms with Gasteiger partial charge in [0.2, 0.25) is 5.82 Å².